The summed E-state index contributed by atoms with van der Waals surface area (Å²) in [5, 5.41) is 6.59. The lowest BCUT2D eigenvalue weighted by atomic mass is 9.98. The van der Waals surface area contributed by atoms with E-state index >= 15 is 0 Å². The number of hydrogen-bond acceptors (Lipinski definition) is 2. The van der Waals surface area contributed by atoms with E-state index in [9.17, 15) is 9.18 Å². The number of benzene rings is 2. The second kappa shape index (κ2) is 7.99. The van der Waals surface area contributed by atoms with Gasteiger partial charge in [0.05, 0.1) is 5.56 Å². The van der Waals surface area contributed by atoms with Crippen molar-refractivity contribution in [3.8, 4) is 11.1 Å². The minimum atomic E-state index is -0.463. The maximum atomic E-state index is 14.6. The fourth-order valence-corrected chi connectivity index (χ4v) is 4.24. The highest BCUT2D eigenvalue weighted by Gasteiger charge is 2.34. The molecule has 2 atom stereocenters. The maximum absolute atomic E-state index is 14.6. The lowest BCUT2D eigenvalue weighted by molar-refractivity contribution is 0.0920. The van der Waals surface area contributed by atoms with Gasteiger partial charge in [0.15, 0.2) is 0 Å². The Morgan fingerprint density at radius 3 is 2.26 bits per heavy atom. The van der Waals surface area contributed by atoms with E-state index in [0.717, 1.165) is 24.0 Å². The van der Waals surface area contributed by atoms with Crippen molar-refractivity contribution in [3.05, 3.63) is 58.9 Å². The van der Waals surface area contributed by atoms with Gasteiger partial charge >= 0.3 is 0 Å². The van der Waals surface area contributed by atoms with E-state index in [0.29, 0.717) is 12.1 Å². The van der Waals surface area contributed by atoms with E-state index in [-0.39, 0.29) is 29.9 Å². The van der Waals surface area contributed by atoms with Crippen LogP contribution in [0.15, 0.2) is 36.4 Å². The number of piperidine rings is 1. The zero-order valence-corrected chi connectivity index (χ0v) is 16.5. The van der Waals surface area contributed by atoms with Crippen LogP contribution in [0.1, 0.15) is 47.2 Å². The van der Waals surface area contributed by atoms with Crippen molar-refractivity contribution in [2.45, 2.75) is 57.7 Å². The third-order valence-corrected chi connectivity index (χ3v) is 5.86. The lowest BCUT2D eigenvalue weighted by Crippen LogP contribution is -2.48. The molecule has 5 heteroatoms. The van der Waals surface area contributed by atoms with Gasteiger partial charge in [-0.25, -0.2) is 4.39 Å². The molecule has 2 N–H and O–H groups in total. The highest BCUT2D eigenvalue weighted by molar-refractivity contribution is 5.95. The van der Waals surface area contributed by atoms with Gasteiger partial charge in [-0.15, -0.1) is 12.4 Å². The molecule has 2 saturated heterocycles. The van der Waals surface area contributed by atoms with Crippen LogP contribution in [0.3, 0.4) is 0 Å². The van der Waals surface area contributed by atoms with Crippen LogP contribution in [0.2, 0.25) is 0 Å². The summed E-state index contributed by atoms with van der Waals surface area (Å²) in [7, 11) is 0. The van der Waals surface area contributed by atoms with Gasteiger partial charge in [0.2, 0.25) is 0 Å². The van der Waals surface area contributed by atoms with Crippen molar-refractivity contribution in [2.75, 3.05) is 0 Å². The van der Waals surface area contributed by atoms with Crippen LogP contribution in [0.4, 0.5) is 4.39 Å². The van der Waals surface area contributed by atoms with E-state index in [1.807, 2.05) is 25.1 Å². The molecule has 2 unspecified atom stereocenters. The molecule has 1 amide bonds. The molecule has 2 bridgehead atoms. The van der Waals surface area contributed by atoms with Crippen LogP contribution >= 0.6 is 12.4 Å². The van der Waals surface area contributed by atoms with E-state index in [2.05, 4.69) is 23.6 Å². The molecule has 144 valence electrons. The number of fused-ring (bicyclic) bond motifs is 2. The van der Waals surface area contributed by atoms with Crippen LogP contribution in [-0.4, -0.2) is 24.0 Å². The van der Waals surface area contributed by atoms with Gasteiger partial charge < -0.3 is 10.6 Å². The monoisotopic (exact) mass is 388 g/mol. The third-order valence-electron chi connectivity index (χ3n) is 5.86. The second-order valence-corrected chi connectivity index (χ2v) is 7.77. The van der Waals surface area contributed by atoms with Gasteiger partial charge in [0, 0.05) is 18.1 Å². The van der Waals surface area contributed by atoms with Gasteiger partial charge in [-0.2, -0.15) is 0 Å². The predicted molar refractivity (Wildman–Crippen MR) is 109 cm³/mol. The molecule has 2 aromatic carbocycles. The van der Waals surface area contributed by atoms with Crippen LogP contribution in [0.25, 0.3) is 11.1 Å². The Morgan fingerprint density at radius 1 is 1.00 bits per heavy atom. The van der Waals surface area contributed by atoms with Crippen molar-refractivity contribution in [1.82, 2.24) is 10.6 Å². The van der Waals surface area contributed by atoms with Crippen molar-refractivity contribution < 1.29 is 9.18 Å². The minimum absolute atomic E-state index is 0. The summed E-state index contributed by atoms with van der Waals surface area (Å²) in [4.78, 5) is 12.5. The summed E-state index contributed by atoms with van der Waals surface area (Å²) >= 11 is 0. The van der Waals surface area contributed by atoms with Crippen molar-refractivity contribution in [2.24, 2.45) is 0 Å². The summed E-state index contributed by atoms with van der Waals surface area (Å²) in [5.74, 6) is -0.768. The second-order valence-electron chi connectivity index (χ2n) is 7.77. The Kier molecular flexibility index (Phi) is 5.87. The van der Waals surface area contributed by atoms with Crippen LogP contribution in [0.5, 0.6) is 0 Å². The topological polar surface area (TPSA) is 41.1 Å². The van der Waals surface area contributed by atoms with Gasteiger partial charge in [0.25, 0.3) is 5.91 Å². The Balaban J connectivity index is 0.00000210. The molecule has 4 rings (SSSR count). The molecule has 0 aliphatic carbocycles. The zero-order chi connectivity index (χ0) is 18.3. The fourth-order valence-electron chi connectivity index (χ4n) is 4.24. The largest absolute Gasteiger partial charge is 0.349 e. The van der Waals surface area contributed by atoms with Gasteiger partial charge in [-0.05, 0) is 73.9 Å². The molecule has 2 heterocycles. The SMILES string of the molecule is Cc1ccc(-c2ccc(C(=O)NC3CC4CCC(C3)N4)c(F)c2)cc1C.Cl. The highest BCUT2D eigenvalue weighted by Crippen LogP contribution is 2.28. The first kappa shape index (κ1) is 19.8. The first-order valence-electron chi connectivity index (χ1n) is 9.43. The van der Waals surface area contributed by atoms with E-state index < -0.39 is 5.82 Å². The van der Waals surface area contributed by atoms with Gasteiger partial charge in [0.1, 0.15) is 5.82 Å². The van der Waals surface area contributed by atoms with E-state index in [1.54, 1.807) is 6.07 Å². The quantitative estimate of drug-likeness (QED) is 0.810. The lowest BCUT2D eigenvalue weighted by Gasteiger charge is -2.29. The van der Waals surface area contributed by atoms with Crippen LogP contribution < -0.4 is 10.6 Å². The van der Waals surface area contributed by atoms with Crippen molar-refractivity contribution in [1.29, 1.82) is 0 Å². The summed E-state index contributed by atoms with van der Waals surface area (Å²) in [5.41, 5.74) is 4.27. The Bertz CT molecular complexity index is 842. The zero-order valence-electron chi connectivity index (χ0n) is 15.7. The van der Waals surface area contributed by atoms with Crippen LogP contribution in [0, 0.1) is 19.7 Å². The normalized spacial score (nSPS) is 23.6. The molecular weight excluding hydrogens is 363 g/mol. The average Bonchev–Trinajstić information content (AvgIpc) is 2.95. The Labute approximate surface area is 166 Å². The number of carbonyl (C=O) groups excluding carboxylic acids is 1. The highest BCUT2D eigenvalue weighted by atomic mass is 35.5. The number of aryl methyl sites for hydroxylation is 2. The molecular formula is C22H26ClFN2O. The summed E-state index contributed by atoms with van der Waals surface area (Å²) < 4.78 is 14.6. The molecule has 2 aromatic rings. The number of amides is 1. The van der Waals surface area contributed by atoms with Crippen LogP contribution in [-0.2, 0) is 0 Å². The standard InChI is InChI=1S/C22H25FN2O.ClH/c1-13-3-4-15(9-14(13)2)16-5-8-20(21(23)10-16)22(26)25-19-11-17-6-7-18(12-19)24-17;/h3-5,8-10,17-19,24H,6-7,11-12H2,1-2H3,(H,25,26);1H. The van der Waals surface area contributed by atoms with Crippen molar-refractivity contribution >= 4 is 18.3 Å². The van der Waals surface area contributed by atoms with Crippen molar-refractivity contribution in [3.63, 3.8) is 0 Å². The number of halogens is 2. The number of carbonyl (C=O) groups is 1. The molecule has 0 aromatic heterocycles. The molecule has 3 nitrogen and oxygen atoms in total. The first-order valence-corrected chi connectivity index (χ1v) is 9.43. The number of rotatable bonds is 3. The molecule has 2 aliphatic rings. The fraction of sp³-hybridized carbons (Fsp3) is 0.409. The van der Waals surface area contributed by atoms with Gasteiger partial charge in [-0.1, -0.05) is 24.3 Å². The Hall–Kier alpha value is -1.91. The Morgan fingerprint density at radius 2 is 1.63 bits per heavy atom. The molecule has 0 radical (unpaired) electrons. The maximum Gasteiger partial charge on any atom is 0.254 e. The molecule has 0 saturated carbocycles. The summed E-state index contributed by atoms with van der Waals surface area (Å²) in [6.07, 6.45) is 4.22. The summed E-state index contributed by atoms with van der Waals surface area (Å²) in [6, 6.07) is 12.1. The smallest absolute Gasteiger partial charge is 0.254 e. The van der Waals surface area contributed by atoms with E-state index in [1.165, 1.54) is 30.0 Å². The van der Waals surface area contributed by atoms with E-state index in [4.69, 9.17) is 0 Å². The van der Waals surface area contributed by atoms with Gasteiger partial charge in [-0.3, -0.25) is 4.79 Å². The molecule has 27 heavy (non-hydrogen) atoms. The first-order chi connectivity index (χ1) is 12.5. The third kappa shape index (κ3) is 4.17. The molecule has 2 aliphatic heterocycles. The number of nitrogens with one attached hydrogen (secondary N) is 2. The average molecular weight is 389 g/mol. The summed E-state index contributed by atoms with van der Waals surface area (Å²) in [6.45, 7) is 4.10. The molecule has 2 fully saturated rings. The minimum Gasteiger partial charge on any atom is -0.349 e. The predicted octanol–water partition coefficient (Wildman–Crippen LogP) is 4.54. The number of hydrogen-bond donors (Lipinski definition) is 2. The molecule has 0 spiro atoms.